The molecule has 1 aromatic carbocycles. The largest absolute Gasteiger partial charge is 0.392 e. The van der Waals surface area contributed by atoms with Crippen molar-refractivity contribution in [1.82, 2.24) is 24.2 Å². The number of aliphatic hydroxyl groups is 1. The van der Waals surface area contributed by atoms with Crippen LogP contribution in [0.15, 0.2) is 55.0 Å². The summed E-state index contributed by atoms with van der Waals surface area (Å²) < 4.78 is 22.9. The van der Waals surface area contributed by atoms with Crippen molar-refractivity contribution in [2.45, 2.75) is 25.7 Å². The zero-order valence-electron chi connectivity index (χ0n) is 20.4. The van der Waals surface area contributed by atoms with Crippen LogP contribution in [0.5, 0.6) is 0 Å². The van der Waals surface area contributed by atoms with E-state index < -0.39 is 5.82 Å². The van der Waals surface area contributed by atoms with Crippen molar-refractivity contribution in [3.8, 4) is 11.1 Å². The topological polar surface area (TPSA) is 97.4 Å². The van der Waals surface area contributed by atoms with Gasteiger partial charge in [-0.1, -0.05) is 17.7 Å². The van der Waals surface area contributed by atoms with Crippen molar-refractivity contribution in [3.63, 3.8) is 0 Å². The molecule has 0 saturated heterocycles. The van der Waals surface area contributed by atoms with E-state index in [4.69, 9.17) is 16.3 Å². The maximum atomic E-state index is 14.0. The number of nitrogens with zero attached hydrogens (tertiary/aromatic N) is 5. The molecular formula is C26H26ClFN6O3. The van der Waals surface area contributed by atoms with Crippen LogP contribution in [0, 0.1) is 5.82 Å². The number of rotatable bonds is 8. The lowest BCUT2D eigenvalue weighted by atomic mass is 10.0. The molecule has 11 heteroatoms. The first-order valence-electron chi connectivity index (χ1n) is 11.7. The summed E-state index contributed by atoms with van der Waals surface area (Å²) in [6.45, 7) is 0.689. The monoisotopic (exact) mass is 524 g/mol. The summed E-state index contributed by atoms with van der Waals surface area (Å²) in [6, 6.07) is 9.34. The second-order valence-electron chi connectivity index (χ2n) is 8.93. The molecule has 1 atom stereocenters. The first kappa shape index (κ1) is 24.9. The summed E-state index contributed by atoms with van der Waals surface area (Å²) in [5.74, 6) is 0.570. The number of aromatic nitrogens is 4. The van der Waals surface area contributed by atoms with Gasteiger partial charge in [-0.15, -0.1) is 0 Å². The van der Waals surface area contributed by atoms with Crippen molar-refractivity contribution in [2.75, 3.05) is 19.0 Å². The number of pyridine rings is 1. The number of aryl methyl sites for hydroxylation is 1. The van der Waals surface area contributed by atoms with Gasteiger partial charge < -0.3 is 24.6 Å². The van der Waals surface area contributed by atoms with Crippen LogP contribution in [0.2, 0.25) is 5.02 Å². The molecule has 0 radical (unpaired) electrons. The fraction of sp³-hybridized carbons (Fsp3) is 0.269. The maximum Gasteiger partial charge on any atom is 0.271 e. The Morgan fingerprint density at radius 3 is 2.78 bits per heavy atom. The van der Waals surface area contributed by atoms with Gasteiger partial charge >= 0.3 is 0 Å². The van der Waals surface area contributed by atoms with E-state index in [9.17, 15) is 14.3 Å². The number of carbonyl (C=O) groups is 1. The highest BCUT2D eigenvalue weighted by atomic mass is 35.5. The molecule has 1 aliphatic rings. The second kappa shape index (κ2) is 10.3. The molecule has 4 aromatic rings. The highest BCUT2D eigenvalue weighted by molar-refractivity contribution is 6.33. The molecule has 0 saturated carbocycles. The number of halogens is 2. The molecule has 1 aliphatic heterocycles. The van der Waals surface area contributed by atoms with Gasteiger partial charge in [-0.3, -0.25) is 9.48 Å². The van der Waals surface area contributed by atoms with Crippen molar-refractivity contribution >= 4 is 29.1 Å². The Balaban J connectivity index is 1.47. The summed E-state index contributed by atoms with van der Waals surface area (Å²) >= 11 is 6.51. The lowest BCUT2D eigenvalue weighted by Crippen LogP contribution is -2.49. The summed E-state index contributed by atoms with van der Waals surface area (Å²) in [4.78, 5) is 19.7. The van der Waals surface area contributed by atoms with Gasteiger partial charge in [-0.05, 0) is 35.4 Å². The van der Waals surface area contributed by atoms with Crippen molar-refractivity contribution in [2.24, 2.45) is 7.05 Å². The SMILES string of the molecule is COC[C@H]1Cn2cc(-c3cc(Nc4ccn(C)n4)ncc3Cl)cc2C(=O)N1Cc1cc(F)ccc1CO. The normalized spacial score (nSPS) is 15.2. The Morgan fingerprint density at radius 1 is 1.22 bits per heavy atom. The van der Waals surface area contributed by atoms with Crippen LogP contribution in [-0.2, 0) is 31.5 Å². The Labute approximate surface area is 218 Å². The van der Waals surface area contributed by atoms with Gasteiger partial charge in [-0.25, -0.2) is 9.37 Å². The molecule has 9 nitrogen and oxygen atoms in total. The molecule has 5 rings (SSSR count). The van der Waals surface area contributed by atoms with Crippen molar-refractivity contribution in [1.29, 1.82) is 0 Å². The predicted molar refractivity (Wildman–Crippen MR) is 137 cm³/mol. The van der Waals surface area contributed by atoms with Crippen LogP contribution in [-0.4, -0.2) is 55.0 Å². The standard InChI is InChI=1S/C26H26ClFN6O3/c1-32-6-5-24(31-32)30-25-9-21(22(27)10-29-25)18-8-23-26(36)34(20(15-37-2)13-33(23)11-18)12-17-7-19(28)4-3-16(17)14-35/h3-11,20,35H,12-15H2,1-2H3,(H,29,30,31)/t20-/m1/s1. The molecule has 1 amide bonds. The number of ether oxygens (including phenoxy) is 1. The molecule has 4 heterocycles. The maximum absolute atomic E-state index is 14.0. The van der Waals surface area contributed by atoms with Gasteiger partial charge in [0.15, 0.2) is 5.82 Å². The fourth-order valence-electron chi connectivity index (χ4n) is 4.58. The van der Waals surface area contributed by atoms with Gasteiger partial charge in [0, 0.05) is 63.0 Å². The minimum absolute atomic E-state index is 0.148. The second-order valence-corrected chi connectivity index (χ2v) is 9.34. The highest BCUT2D eigenvalue weighted by Gasteiger charge is 2.34. The van der Waals surface area contributed by atoms with E-state index in [1.807, 2.05) is 36.1 Å². The molecule has 0 bridgehead atoms. The molecule has 37 heavy (non-hydrogen) atoms. The Hall–Kier alpha value is -3.73. The molecule has 0 unspecified atom stereocenters. The van der Waals surface area contributed by atoms with Crippen LogP contribution in [0.3, 0.4) is 0 Å². The van der Waals surface area contributed by atoms with Crippen LogP contribution in [0.1, 0.15) is 21.6 Å². The summed E-state index contributed by atoms with van der Waals surface area (Å²) in [5, 5.41) is 17.6. The van der Waals surface area contributed by atoms with Gasteiger partial charge in [0.05, 0.1) is 24.3 Å². The number of methoxy groups -OCH3 is 1. The lowest BCUT2D eigenvalue weighted by Gasteiger charge is -2.36. The number of carbonyl (C=O) groups excluding carboxylic acids is 1. The summed E-state index contributed by atoms with van der Waals surface area (Å²) in [7, 11) is 3.40. The Morgan fingerprint density at radius 2 is 2.05 bits per heavy atom. The Kier molecular flexibility index (Phi) is 6.96. The zero-order valence-corrected chi connectivity index (χ0v) is 21.1. The average Bonchev–Trinajstić information content (AvgIpc) is 3.49. The fourth-order valence-corrected chi connectivity index (χ4v) is 4.80. The van der Waals surface area contributed by atoms with Gasteiger partial charge in [0.1, 0.15) is 17.3 Å². The Bertz CT molecular complexity index is 1450. The quantitative estimate of drug-likeness (QED) is 0.362. The number of hydrogen-bond donors (Lipinski definition) is 2. The van der Waals surface area contributed by atoms with Crippen LogP contribution in [0.4, 0.5) is 16.0 Å². The molecule has 3 aromatic heterocycles. The summed E-state index contributed by atoms with van der Waals surface area (Å²) in [6.07, 6.45) is 5.27. The first-order valence-corrected chi connectivity index (χ1v) is 12.0. The van der Waals surface area contributed by atoms with E-state index in [2.05, 4.69) is 15.4 Å². The van der Waals surface area contributed by atoms with Gasteiger partial charge in [0.25, 0.3) is 5.91 Å². The number of benzene rings is 1. The van der Waals surface area contributed by atoms with Gasteiger partial charge in [0.2, 0.25) is 0 Å². The lowest BCUT2D eigenvalue weighted by molar-refractivity contribution is 0.0386. The van der Waals surface area contributed by atoms with Crippen LogP contribution < -0.4 is 5.32 Å². The van der Waals surface area contributed by atoms with Crippen LogP contribution in [0.25, 0.3) is 11.1 Å². The molecule has 0 fully saturated rings. The number of amides is 1. The first-order chi connectivity index (χ1) is 17.9. The van der Waals surface area contributed by atoms with E-state index >= 15 is 0 Å². The number of hydrogen-bond acceptors (Lipinski definition) is 6. The number of fused-ring (bicyclic) bond motifs is 1. The van der Waals surface area contributed by atoms with E-state index in [0.717, 1.165) is 5.56 Å². The molecular weight excluding hydrogens is 499 g/mol. The average molecular weight is 525 g/mol. The van der Waals surface area contributed by atoms with E-state index in [1.54, 1.807) is 29.0 Å². The van der Waals surface area contributed by atoms with Crippen molar-refractivity contribution < 1.29 is 19.0 Å². The third-order valence-corrected chi connectivity index (χ3v) is 6.70. The summed E-state index contributed by atoms with van der Waals surface area (Å²) in [5.41, 5.74) is 3.09. The van der Waals surface area contributed by atoms with Crippen LogP contribution >= 0.6 is 11.6 Å². The van der Waals surface area contributed by atoms with Gasteiger partial charge in [-0.2, -0.15) is 5.10 Å². The number of nitrogens with one attached hydrogen (secondary N) is 1. The molecule has 0 spiro atoms. The van der Waals surface area contributed by atoms with Crippen molar-refractivity contribution in [3.05, 3.63) is 82.6 Å². The third-order valence-electron chi connectivity index (χ3n) is 6.40. The molecule has 0 aliphatic carbocycles. The minimum Gasteiger partial charge on any atom is -0.392 e. The number of aliphatic hydroxyl groups excluding tert-OH is 1. The van der Waals surface area contributed by atoms with E-state index in [1.165, 1.54) is 18.2 Å². The van der Waals surface area contributed by atoms with E-state index in [0.29, 0.717) is 52.2 Å². The number of anilines is 2. The zero-order chi connectivity index (χ0) is 26.1. The predicted octanol–water partition coefficient (Wildman–Crippen LogP) is 3.98. The highest BCUT2D eigenvalue weighted by Crippen LogP contribution is 2.34. The van der Waals surface area contributed by atoms with E-state index in [-0.39, 0.29) is 25.1 Å². The smallest absolute Gasteiger partial charge is 0.271 e. The molecule has 2 N–H and O–H groups in total. The third kappa shape index (κ3) is 5.08. The minimum atomic E-state index is -0.423. The molecule has 192 valence electrons.